The van der Waals surface area contributed by atoms with E-state index in [1.807, 2.05) is 67.6 Å². The Morgan fingerprint density at radius 1 is 0.788 bits per heavy atom. The molecule has 1 unspecified atom stereocenters. The number of ether oxygens (including phenoxy) is 2. The molecule has 33 heavy (non-hydrogen) atoms. The molecule has 1 atom stereocenters. The zero-order valence-electron chi connectivity index (χ0n) is 18.8. The minimum absolute atomic E-state index is 0.0254. The summed E-state index contributed by atoms with van der Waals surface area (Å²) >= 11 is 0. The van der Waals surface area contributed by atoms with E-state index >= 15 is 0 Å². The molecule has 0 fully saturated rings. The summed E-state index contributed by atoms with van der Waals surface area (Å²) in [5.74, 6) is 2.01. The number of unbranched alkanes of at least 4 members (excludes halogenated alkanes) is 1. The molecule has 0 amide bonds. The van der Waals surface area contributed by atoms with Crippen LogP contribution in [0, 0.1) is 0 Å². The van der Waals surface area contributed by atoms with Crippen molar-refractivity contribution in [3.63, 3.8) is 0 Å². The summed E-state index contributed by atoms with van der Waals surface area (Å²) in [6, 6.07) is 24.5. The number of aromatic hydroxyl groups is 1. The Hall–Kier alpha value is -3.77. The Labute approximate surface area is 193 Å². The number of rotatable bonds is 9. The molecule has 1 heterocycles. The number of hydrogen-bond donors (Lipinski definition) is 1. The van der Waals surface area contributed by atoms with Gasteiger partial charge in [0.2, 0.25) is 0 Å². The predicted molar refractivity (Wildman–Crippen MR) is 129 cm³/mol. The van der Waals surface area contributed by atoms with Crippen molar-refractivity contribution in [3.05, 3.63) is 78.9 Å². The van der Waals surface area contributed by atoms with Crippen LogP contribution in [0.1, 0.15) is 26.7 Å². The van der Waals surface area contributed by atoms with Crippen molar-refractivity contribution in [1.82, 2.24) is 15.0 Å². The summed E-state index contributed by atoms with van der Waals surface area (Å²) in [6.45, 7) is 4.58. The summed E-state index contributed by atoms with van der Waals surface area (Å²) in [6.07, 6.45) is 1.63. The summed E-state index contributed by atoms with van der Waals surface area (Å²) in [5, 5.41) is 10.8. The van der Waals surface area contributed by atoms with E-state index in [2.05, 4.69) is 21.9 Å². The maximum atomic E-state index is 10.8. The second kappa shape index (κ2) is 10.7. The van der Waals surface area contributed by atoms with Gasteiger partial charge in [-0.2, -0.15) is 0 Å². The minimum atomic E-state index is -0.409. The number of benzene rings is 3. The van der Waals surface area contributed by atoms with Gasteiger partial charge in [0.25, 0.3) is 0 Å². The van der Waals surface area contributed by atoms with Crippen molar-refractivity contribution in [3.8, 4) is 45.7 Å². The standard InChI is InChI=1S/C27H27N3O3/c1-3-4-17-32-19(2)33-22-15-16-23(24(31)18-22)27-29-25(20-11-7-5-8-12-20)28-26(30-27)21-13-9-6-10-14-21/h5-16,18-19,31H,3-4,17H2,1-2H3. The van der Waals surface area contributed by atoms with Gasteiger partial charge in [0, 0.05) is 17.2 Å². The van der Waals surface area contributed by atoms with Crippen LogP contribution in [0.25, 0.3) is 34.2 Å². The van der Waals surface area contributed by atoms with Crippen LogP contribution in [0.15, 0.2) is 78.9 Å². The predicted octanol–water partition coefficient (Wildman–Crippen LogP) is 6.12. The van der Waals surface area contributed by atoms with E-state index in [0.29, 0.717) is 35.4 Å². The van der Waals surface area contributed by atoms with Crippen molar-refractivity contribution in [2.75, 3.05) is 6.61 Å². The molecular formula is C27H27N3O3. The summed E-state index contributed by atoms with van der Waals surface area (Å²) < 4.78 is 11.4. The third-order valence-corrected chi connectivity index (χ3v) is 5.06. The molecular weight excluding hydrogens is 414 g/mol. The fourth-order valence-corrected chi connectivity index (χ4v) is 3.32. The first-order valence-corrected chi connectivity index (χ1v) is 11.1. The van der Waals surface area contributed by atoms with Crippen molar-refractivity contribution >= 4 is 0 Å². The largest absolute Gasteiger partial charge is 0.507 e. The first-order chi connectivity index (χ1) is 16.1. The molecule has 6 heteroatoms. The van der Waals surface area contributed by atoms with Gasteiger partial charge in [0.15, 0.2) is 23.8 Å². The van der Waals surface area contributed by atoms with Gasteiger partial charge < -0.3 is 14.6 Å². The molecule has 1 aromatic heterocycles. The van der Waals surface area contributed by atoms with Crippen molar-refractivity contribution in [1.29, 1.82) is 0 Å². The Morgan fingerprint density at radius 3 is 1.91 bits per heavy atom. The summed E-state index contributed by atoms with van der Waals surface area (Å²) in [4.78, 5) is 14.0. The maximum Gasteiger partial charge on any atom is 0.196 e. The van der Waals surface area contributed by atoms with Crippen LogP contribution >= 0.6 is 0 Å². The molecule has 168 valence electrons. The van der Waals surface area contributed by atoms with Crippen LogP contribution in [0.4, 0.5) is 0 Å². The van der Waals surface area contributed by atoms with Gasteiger partial charge in [-0.05, 0) is 25.5 Å². The fourth-order valence-electron chi connectivity index (χ4n) is 3.32. The zero-order chi connectivity index (χ0) is 23.0. The lowest BCUT2D eigenvalue weighted by Gasteiger charge is -2.16. The third-order valence-electron chi connectivity index (χ3n) is 5.06. The molecule has 1 N–H and O–H groups in total. The molecule has 4 rings (SSSR count). The van der Waals surface area contributed by atoms with Crippen LogP contribution in [-0.4, -0.2) is 33.0 Å². The lowest BCUT2D eigenvalue weighted by Crippen LogP contribution is -2.16. The SMILES string of the molecule is CCCCOC(C)Oc1ccc(-c2nc(-c3ccccc3)nc(-c3ccccc3)n2)c(O)c1. The van der Waals surface area contributed by atoms with Crippen LogP contribution in [0.3, 0.4) is 0 Å². The van der Waals surface area contributed by atoms with E-state index in [9.17, 15) is 5.11 Å². The Morgan fingerprint density at radius 2 is 1.36 bits per heavy atom. The zero-order valence-corrected chi connectivity index (χ0v) is 18.8. The summed E-state index contributed by atoms with van der Waals surface area (Å²) in [7, 11) is 0. The normalized spacial score (nSPS) is 11.8. The Balaban J connectivity index is 1.68. The lowest BCUT2D eigenvalue weighted by atomic mass is 10.1. The molecule has 0 aliphatic rings. The molecule has 0 radical (unpaired) electrons. The highest BCUT2D eigenvalue weighted by Crippen LogP contribution is 2.33. The molecule has 0 spiro atoms. The average molecular weight is 442 g/mol. The highest BCUT2D eigenvalue weighted by molar-refractivity contribution is 5.70. The van der Waals surface area contributed by atoms with Crippen LogP contribution in [-0.2, 0) is 4.74 Å². The van der Waals surface area contributed by atoms with Gasteiger partial charge in [-0.1, -0.05) is 74.0 Å². The Kier molecular flexibility index (Phi) is 7.27. The minimum Gasteiger partial charge on any atom is -0.507 e. The van der Waals surface area contributed by atoms with Crippen molar-refractivity contribution < 1.29 is 14.6 Å². The van der Waals surface area contributed by atoms with Gasteiger partial charge in [-0.15, -0.1) is 0 Å². The van der Waals surface area contributed by atoms with Crippen LogP contribution < -0.4 is 4.74 Å². The van der Waals surface area contributed by atoms with Gasteiger partial charge in [0.05, 0.1) is 12.2 Å². The van der Waals surface area contributed by atoms with Gasteiger partial charge in [0.1, 0.15) is 11.5 Å². The first-order valence-electron chi connectivity index (χ1n) is 11.1. The Bertz CT molecular complexity index is 1130. The van der Waals surface area contributed by atoms with Gasteiger partial charge in [-0.25, -0.2) is 15.0 Å². The smallest absolute Gasteiger partial charge is 0.196 e. The molecule has 4 aromatic rings. The van der Waals surface area contributed by atoms with E-state index < -0.39 is 6.29 Å². The molecule has 0 aliphatic heterocycles. The second-order valence-corrected chi connectivity index (χ2v) is 7.63. The summed E-state index contributed by atoms with van der Waals surface area (Å²) in [5.41, 5.74) is 2.24. The van der Waals surface area contributed by atoms with Crippen molar-refractivity contribution in [2.45, 2.75) is 33.0 Å². The monoisotopic (exact) mass is 441 g/mol. The second-order valence-electron chi connectivity index (χ2n) is 7.63. The molecule has 0 aliphatic carbocycles. The van der Waals surface area contributed by atoms with Crippen molar-refractivity contribution in [2.24, 2.45) is 0 Å². The lowest BCUT2D eigenvalue weighted by molar-refractivity contribution is -0.0674. The fraction of sp³-hybridized carbons (Fsp3) is 0.222. The molecule has 0 bridgehead atoms. The molecule has 3 aromatic carbocycles. The number of phenolic OH excluding ortho intramolecular Hbond substituents is 1. The molecule has 0 saturated heterocycles. The highest BCUT2D eigenvalue weighted by Gasteiger charge is 2.15. The number of nitrogens with zero attached hydrogens (tertiary/aromatic N) is 3. The quantitative estimate of drug-likeness (QED) is 0.249. The van der Waals surface area contributed by atoms with Gasteiger partial charge in [-0.3, -0.25) is 0 Å². The van der Waals surface area contributed by atoms with Crippen LogP contribution in [0.2, 0.25) is 0 Å². The third kappa shape index (κ3) is 5.73. The van der Waals surface area contributed by atoms with E-state index in [1.165, 1.54) is 0 Å². The number of hydrogen-bond acceptors (Lipinski definition) is 6. The molecule has 0 saturated carbocycles. The first kappa shape index (κ1) is 22.4. The van der Waals surface area contributed by atoms with E-state index in [4.69, 9.17) is 9.47 Å². The highest BCUT2D eigenvalue weighted by atomic mass is 16.7. The van der Waals surface area contributed by atoms with Crippen LogP contribution in [0.5, 0.6) is 11.5 Å². The van der Waals surface area contributed by atoms with E-state index in [-0.39, 0.29) is 5.75 Å². The maximum absolute atomic E-state index is 10.8. The van der Waals surface area contributed by atoms with E-state index in [0.717, 1.165) is 24.0 Å². The van der Waals surface area contributed by atoms with E-state index in [1.54, 1.807) is 18.2 Å². The van der Waals surface area contributed by atoms with Gasteiger partial charge >= 0.3 is 0 Å². The number of phenols is 1. The average Bonchev–Trinajstić information content (AvgIpc) is 2.85. The molecule has 6 nitrogen and oxygen atoms in total. The number of aromatic nitrogens is 3. The topological polar surface area (TPSA) is 77.4 Å².